The van der Waals surface area contributed by atoms with Crippen LogP contribution in [0.5, 0.6) is 0 Å². The summed E-state index contributed by atoms with van der Waals surface area (Å²) >= 11 is 3.46. The Morgan fingerprint density at radius 1 is 1.53 bits per heavy atom. The van der Waals surface area contributed by atoms with Gasteiger partial charge in [0, 0.05) is 12.4 Å². The van der Waals surface area contributed by atoms with Crippen LogP contribution in [0.4, 0.5) is 0 Å². The van der Waals surface area contributed by atoms with Crippen LogP contribution in [0.2, 0.25) is 0 Å². The van der Waals surface area contributed by atoms with Gasteiger partial charge in [0.2, 0.25) is 0 Å². The topological polar surface area (TPSA) is 43.8 Å². The summed E-state index contributed by atoms with van der Waals surface area (Å²) in [5.74, 6) is 0.357. The molecule has 0 bridgehead atoms. The highest BCUT2D eigenvalue weighted by Gasteiger charge is 2.13. The zero-order valence-electron chi connectivity index (χ0n) is 8.87. The lowest BCUT2D eigenvalue weighted by Gasteiger charge is -2.10. The zero-order chi connectivity index (χ0) is 11.0. The molecule has 0 radical (unpaired) electrons. The van der Waals surface area contributed by atoms with E-state index in [1.54, 1.807) is 0 Å². The number of nitrogens with two attached hydrogens (primary N) is 1. The van der Waals surface area contributed by atoms with Gasteiger partial charge in [-0.25, -0.2) is 0 Å². The summed E-state index contributed by atoms with van der Waals surface area (Å²) < 4.78 is 2.80. The van der Waals surface area contributed by atoms with Gasteiger partial charge in [0.15, 0.2) is 0 Å². The van der Waals surface area contributed by atoms with E-state index in [1.165, 1.54) is 11.1 Å². The predicted octanol–water partition coefficient (Wildman–Crippen LogP) is 2.40. The van der Waals surface area contributed by atoms with E-state index < -0.39 is 0 Å². The summed E-state index contributed by atoms with van der Waals surface area (Å²) in [5.41, 5.74) is 8.14. The maximum absolute atomic E-state index is 5.71. The molecule has 0 aliphatic carbocycles. The van der Waals surface area contributed by atoms with Crippen molar-refractivity contribution in [2.24, 2.45) is 12.8 Å². The Kier molecular flexibility index (Phi) is 2.80. The number of fused-ring (bicyclic) bond motifs is 1. The van der Waals surface area contributed by atoms with Gasteiger partial charge >= 0.3 is 0 Å². The van der Waals surface area contributed by atoms with Crippen LogP contribution in [0.3, 0.4) is 0 Å². The summed E-state index contributed by atoms with van der Waals surface area (Å²) in [7, 11) is 1.96. The second-order valence-corrected chi connectivity index (χ2v) is 4.55. The van der Waals surface area contributed by atoms with E-state index in [4.69, 9.17) is 5.73 Å². The maximum atomic E-state index is 5.71. The first kappa shape index (κ1) is 10.6. The molecule has 0 aliphatic rings. The fourth-order valence-electron chi connectivity index (χ4n) is 1.85. The summed E-state index contributed by atoms with van der Waals surface area (Å²) in [5, 5.41) is 5.51. The van der Waals surface area contributed by atoms with Crippen molar-refractivity contribution in [1.82, 2.24) is 9.78 Å². The van der Waals surface area contributed by atoms with E-state index >= 15 is 0 Å². The normalized spacial score (nSPS) is 13.3. The lowest BCUT2D eigenvalue weighted by Crippen LogP contribution is -2.10. The van der Waals surface area contributed by atoms with Crippen molar-refractivity contribution >= 4 is 26.8 Å². The minimum absolute atomic E-state index is 0.357. The Labute approximate surface area is 97.4 Å². The van der Waals surface area contributed by atoms with E-state index in [-0.39, 0.29) is 0 Å². The number of halogens is 1. The Morgan fingerprint density at radius 2 is 2.27 bits per heavy atom. The Bertz CT molecular complexity index is 490. The third kappa shape index (κ3) is 1.68. The third-order valence-corrected chi connectivity index (χ3v) is 3.32. The molecular weight excluding hydrogens is 254 g/mol. The standard InChI is InChI=1S/C11H14BrN3/c1-7(6-13)8-4-3-5-9-10(8)15(2)14-11(9)12/h3-5,7H,6,13H2,1-2H3. The van der Waals surface area contributed by atoms with Gasteiger partial charge in [-0.15, -0.1) is 0 Å². The van der Waals surface area contributed by atoms with Crippen LogP contribution in [0, 0.1) is 0 Å². The van der Waals surface area contributed by atoms with Crippen LogP contribution >= 0.6 is 15.9 Å². The summed E-state index contributed by atoms with van der Waals surface area (Å²) in [6, 6.07) is 6.24. The molecule has 4 heteroatoms. The summed E-state index contributed by atoms with van der Waals surface area (Å²) in [6.45, 7) is 2.79. The molecule has 0 saturated heterocycles. The van der Waals surface area contributed by atoms with Gasteiger partial charge in [0.1, 0.15) is 4.60 Å². The van der Waals surface area contributed by atoms with Crippen LogP contribution in [0.25, 0.3) is 10.9 Å². The second-order valence-electron chi connectivity index (χ2n) is 3.79. The number of benzene rings is 1. The van der Waals surface area contributed by atoms with Crippen molar-refractivity contribution in [3.63, 3.8) is 0 Å². The van der Waals surface area contributed by atoms with Crippen molar-refractivity contribution in [3.05, 3.63) is 28.4 Å². The van der Waals surface area contributed by atoms with Crippen molar-refractivity contribution in [3.8, 4) is 0 Å². The molecule has 1 aromatic carbocycles. The number of nitrogens with zero attached hydrogens (tertiary/aromatic N) is 2. The molecule has 1 atom stereocenters. The smallest absolute Gasteiger partial charge is 0.135 e. The lowest BCUT2D eigenvalue weighted by molar-refractivity contribution is 0.749. The highest BCUT2D eigenvalue weighted by Crippen LogP contribution is 2.29. The van der Waals surface area contributed by atoms with E-state index in [2.05, 4.69) is 46.2 Å². The molecular formula is C11H14BrN3. The molecule has 80 valence electrons. The van der Waals surface area contributed by atoms with Gasteiger partial charge in [0.05, 0.1) is 5.52 Å². The number of aryl methyl sites for hydroxylation is 1. The van der Waals surface area contributed by atoms with Crippen LogP contribution < -0.4 is 5.73 Å². The van der Waals surface area contributed by atoms with Crippen molar-refractivity contribution < 1.29 is 0 Å². The highest BCUT2D eigenvalue weighted by atomic mass is 79.9. The van der Waals surface area contributed by atoms with Crippen molar-refractivity contribution in [1.29, 1.82) is 0 Å². The number of aromatic nitrogens is 2. The van der Waals surface area contributed by atoms with Gasteiger partial charge in [-0.1, -0.05) is 25.1 Å². The van der Waals surface area contributed by atoms with Crippen LogP contribution in [-0.2, 0) is 7.05 Å². The number of hydrogen-bond acceptors (Lipinski definition) is 2. The van der Waals surface area contributed by atoms with E-state index in [1.807, 2.05) is 11.7 Å². The minimum Gasteiger partial charge on any atom is -0.330 e. The third-order valence-electron chi connectivity index (χ3n) is 2.74. The summed E-state index contributed by atoms with van der Waals surface area (Å²) in [6.07, 6.45) is 0. The molecule has 0 fully saturated rings. The average Bonchev–Trinajstić information content (AvgIpc) is 2.54. The molecule has 15 heavy (non-hydrogen) atoms. The van der Waals surface area contributed by atoms with Crippen LogP contribution in [0.15, 0.2) is 22.8 Å². The Hall–Kier alpha value is -0.870. The van der Waals surface area contributed by atoms with Crippen LogP contribution in [0.1, 0.15) is 18.4 Å². The molecule has 1 aromatic heterocycles. The van der Waals surface area contributed by atoms with Gasteiger partial charge in [-0.3, -0.25) is 4.68 Å². The first-order valence-electron chi connectivity index (χ1n) is 4.96. The molecule has 1 unspecified atom stereocenters. The molecule has 0 saturated carbocycles. The van der Waals surface area contributed by atoms with Crippen molar-refractivity contribution in [2.45, 2.75) is 12.8 Å². The minimum atomic E-state index is 0.357. The fourth-order valence-corrected chi connectivity index (χ4v) is 2.41. The highest BCUT2D eigenvalue weighted by molar-refractivity contribution is 9.10. The van der Waals surface area contributed by atoms with E-state index in [0.29, 0.717) is 12.5 Å². The number of rotatable bonds is 2. The van der Waals surface area contributed by atoms with Gasteiger partial charge in [-0.05, 0) is 34.0 Å². The van der Waals surface area contributed by atoms with Gasteiger partial charge in [-0.2, -0.15) is 5.10 Å². The molecule has 3 nitrogen and oxygen atoms in total. The summed E-state index contributed by atoms with van der Waals surface area (Å²) in [4.78, 5) is 0. The molecule has 2 N–H and O–H groups in total. The van der Waals surface area contributed by atoms with Gasteiger partial charge in [0.25, 0.3) is 0 Å². The SMILES string of the molecule is CC(CN)c1cccc2c(Br)nn(C)c12. The quantitative estimate of drug-likeness (QED) is 0.908. The number of hydrogen-bond donors (Lipinski definition) is 1. The molecule has 0 spiro atoms. The number of para-hydroxylation sites is 1. The second kappa shape index (κ2) is 3.94. The molecule has 0 amide bonds. The first-order valence-corrected chi connectivity index (χ1v) is 5.75. The first-order chi connectivity index (χ1) is 7.15. The molecule has 2 aromatic rings. The zero-order valence-corrected chi connectivity index (χ0v) is 10.5. The van der Waals surface area contributed by atoms with E-state index in [0.717, 1.165) is 9.99 Å². The molecule has 0 aliphatic heterocycles. The van der Waals surface area contributed by atoms with Crippen molar-refractivity contribution in [2.75, 3.05) is 6.54 Å². The van der Waals surface area contributed by atoms with Crippen LogP contribution in [-0.4, -0.2) is 16.3 Å². The lowest BCUT2D eigenvalue weighted by atomic mass is 9.99. The fraction of sp³-hybridized carbons (Fsp3) is 0.364. The largest absolute Gasteiger partial charge is 0.330 e. The molecule has 1 heterocycles. The van der Waals surface area contributed by atoms with E-state index in [9.17, 15) is 0 Å². The Morgan fingerprint density at radius 3 is 2.93 bits per heavy atom. The maximum Gasteiger partial charge on any atom is 0.135 e. The predicted molar refractivity (Wildman–Crippen MR) is 65.9 cm³/mol. The monoisotopic (exact) mass is 267 g/mol. The van der Waals surface area contributed by atoms with Gasteiger partial charge < -0.3 is 5.73 Å². The Balaban J connectivity index is 2.75. The average molecular weight is 268 g/mol. The molecule has 2 rings (SSSR count).